The van der Waals surface area contributed by atoms with Gasteiger partial charge in [-0.2, -0.15) is 4.57 Å². The number of rotatable bonds is 10. The number of thiazole rings is 1. The maximum absolute atomic E-state index is 11.6. The first-order chi connectivity index (χ1) is 21.9. The van der Waals surface area contributed by atoms with Crippen molar-refractivity contribution in [2.45, 2.75) is 43.5 Å². The summed E-state index contributed by atoms with van der Waals surface area (Å²) in [5.74, 6) is -0.716. The zero-order valence-electron chi connectivity index (χ0n) is 26.2. The van der Waals surface area contributed by atoms with E-state index in [2.05, 4.69) is 35.8 Å². The van der Waals surface area contributed by atoms with Gasteiger partial charge in [0.25, 0.3) is 5.01 Å². The fraction of sp³-hybridized carbons (Fsp3) is 0.265. The third-order valence-corrected chi connectivity index (χ3v) is 12.1. The minimum Gasteiger partial charge on any atom is -0.748 e. The van der Waals surface area contributed by atoms with Crippen molar-refractivity contribution >= 4 is 65.3 Å². The van der Waals surface area contributed by atoms with E-state index in [9.17, 15) is 25.9 Å². The summed E-state index contributed by atoms with van der Waals surface area (Å²) in [6.45, 7) is 2.58. The molecule has 1 aliphatic carbocycles. The van der Waals surface area contributed by atoms with Crippen LogP contribution in [0.4, 0.5) is 5.69 Å². The number of hydrogen-bond acceptors (Lipinski definition) is 9. The molecule has 2 heterocycles. The topological polar surface area (TPSA) is 122 Å². The van der Waals surface area contributed by atoms with Gasteiger partial charge in [-0.15, -0.1) is 0 Å². The summed E-state index contributed by atoms with van der Waals surface area (Å²) in [4.78, 5) is 2.93. The van der Waals surface area contributed by atoms with E-state index in [1.807, 2.05) is 71.6 Å². The molecule has 1 unspecified atom stereocenters. The van der Waals surface area contributed by atoms with Crippen molar-refractivity contribution in [3.63, 3.8) is 0 Å². The number of allylic oxidation sites excluding steroid dienone is 4. The zero-order valence-corrected chi connectivity index (χ0v) is 31.4. The van der Waals surface area contributed by atoms with Crippen LogP contribution in [-0.4, -0.2) is 44.0 Å². The largest absolute Gasteiger partial charge is 1.00 e. The Morgan fingerprint density at radius 2 is 1.55 bits per heavy atom. The molecule has 2 aliphatic rings. The van der Waals surface area contributed by atoms with Crippen LogP contribution in [0, 0.1) is 0 Å². The number of nitrogens with zero attached hydrogens (tertiary/aromatic N) is 2. The Labute approximate surface area is 306 Å². The minimum absolute atomic E-state index is 0. The average Bonchev–Trinajstić information content (AvgIpc) is 3.54. The molecule has 1 aliphatic heterocycles. The van der Waals surface area contributed by atoms with Crippen molar-refractivity contribution in [1.82, 2.24) is 0 Å². The van der Waals surface area contributed by atoms with Crippen molar-refractivity contribution in [2.75, 3.05) is 23.0 Å². The Morgan fingerprint density at radius 3 is 2.30 bits per heavy atom. The Morgan fingerprint density at radius 1 is 0.872 bits per heavy atom. The van der Waals surface area contributed by atoms with Gasteiger partial charge >= 0.3 is 29.6 Å². The molecule has 0 bridgehead atoms. The van der Waals surface area contributed by atoms with E-state index in [-0.39, 0.29) is 48.4 Å². The molecule has 6 rings (SSSR count). The van der Waals surface area contributed by atoms with Gasteiger partial charge < -0.3 is 14.0 Å². The summed E-state index contributed by atoms with van der Waals surface area (Å²) >= 11 is 3.20. The number of benzene rings is 3. The molecule has 0 radical (unpaired) electrons. The molecule has 4 aromatic rings. The number of aromatic nitrogens is 1. The Bertz CT molecular complexity index is 2090. The average molecular weight is 717 g/mol. The standard InChI is InChI=1S/C34H34N2O6S4.Na/c1-24-26(22-33-35(16-9-18-45(37,38)39)29-12-5-7-14-31(29)43-33)20-28(25-10-3-2-4-11-25)21-27(24)23-34-36(17-19-46(40,41)42)30-13-6-8-15-32(30)44-34;/h2-8,10-15,22-23,28H,9,16-21H2,1H3,(H-,37,38,39,40,41,42);/q;+1/p-1. The van der Waals surface area contributed by atoms with Crippen LogP contribution in [0.15, 0.2) is 112 Å². The van der Waals surface area contributed by atoms with Gasteiger partial charge in [0.1, 0.15) is 4.70 Å². The Balaban J connectivity index is 0.00000433. The van der Waals surface area contributed by atoms with Crippen molar-refractivity contribution in [1.29, 1.82) is 0 Å². The molecular weight excluding hydrogens is 684 g/mol. The maximum Gasteiger partial charge on any atom is 1.00 e. The summed E-state index contributed by atoms with van der Waals surface area (Å²) in [5.41, 5.74) is 6.50. The molecule has 0 N–H and O–H groups in total. The van der Waals surface area contributed by atoms with Crippen LogP contribution >= 0.6 is 23.1 Å². The van der Waals surface area contributed by atoms with Gasteiger partial charge in [-0.3, -0.25) is 0 Å². The molecule has 8 nitrogen and oxygen atoms in total. The second-order valence-corrected chi connectivity index (χ2v) is 16.6. The Hall–Kier alpha value is -2.26. The molecule has 0 saturated heterocycles. The van der Waals surface area contributed by atoms with E-state index in [1.54, 1.807) is 23.1 Å². The molecule has 1 aromatic heterocycles. The smallest absolute Gasteiger partial charge is 0.748 e. The van der Waals surface area contributed by atoms with E-state index in [0.29, 0.717) is 6.54 Å². The van der Waals surface area contributed by atoms with Gasteiger partial charge in [0.15, 0.2) is 6.54 Å². The van der Waals surface area contributed by atoms with Gasteiger partial charge in [0.05, 0.1) is 36.7 Å². The molecule has 3 aromatic carbocycles. The van der Waals surface area contributed by atoms with Crippen LogP contribution in [0.2, 0.25) is 0 Å². The van der Waals surface area contributed by atoms with Crippen molar-refractivity contribution in [3.05, 3.63) is 117 Å². The molecule has 240 valence electrons. The summed E-state index contributed by atoms with van der Waals surface area (Å²) in [7, 11) is -8.72. The second-order valence-electron chi connectivity index (χ2n) is 11.5. The first kappa shape index (κ1) is 36.0. The summed E-state index contributed by atoms with van der Waals surface area (Å²) < 4.78 is 72.1. The number of hydrogen-bond donors (Lipinski definition) is 0. The van der Waals surface area contributed by atoms with Gasteiger partial charge in [-0.1, -0.05) is 77.7 Å². The quantitative estimate of drug-likeness (QED) is 0.139. The SMILES string of the molecule is CC1=C(C=C2Sc3ccccc3N2CCS(=O)(=O)[O-])CC(c2ccccc2)CC1=Cc1sc2ccccc2[n+]1CCCS(=O)(=O)[O-].[Na+]. The van der Waals surface area contributed by atoms with Gasteiger partial charge in [-0.25, -0.2) is 16.8 Å². The molecule has 0 amide bonds. The fourth-order valence-electron chi connectivity index (χ4n) is 6.09. The molecule has 0 saturated carbocycles. The summed E-state index contributed by atoms with van der Waals surface area (Å²) in [5, 5.41) is 1.85. The number of fused-ring (bicyclic) bond motifs is 2. The first-order valence-electron chi connectivity index (χ1n) is 15.0. The minimum atomic E-state index is -4.40. The van der Waals surface area contributed by atoms with Gasteiger partial charge in [0, 0.05) is 35.8 Å². The van der Waals surface area contributed by atoms with Gasteiger partial charge in [-0.05, 0) is 72.2 Å². The summed E-state index contributed by atoms with van der Waals surface area (Å²) in [6, 6.07) is 26.2. The normalized spacial score (nSPS) is 18.6. The molecule has 0 spiro atoms. The van der Waals surface area contributed by atoms with Crippen molar-refractivity contribution in [2.24, 2.45) is 0 Å². The molecule has 47 heavy (non-hydrogen) atoms. The van der Waals surface area contributed by atoms with Crippen LogP contribution in [-0.2, 0) is 26.8 Å². The maximum atomic E-state index is 11.6. The predicted octanol–water partition coefficient (Wildman–Crippen LogP) is 3.40. The molecular formula is C34H33N2NaO6S4. The van der Waals surface area contributed by atoms with Crippen molar-refractivity contribution < 1.29 is 60.1 Å². The van der Waals surface area contributed by atoms with Crippen LogP contribution in [0.5, 0.6) is 0 Å². The number of thioether (sulfide) groups is 1. The Kier molecular flexibility index (Phi) is 11.6. The van der Waals surface area contributed by atoms with Crippen molar-refractivity contribution in [3.8, 4) is 0 Å². The first-order valence-corrected chi connectivity index (χ1v) is 19.7. The molecule has 13 heteroatoms. The monoisotopic (exact) mass is 716 g/mol. The van der Waals surface area contributed by atoms with E-state index < -0.39 is 31.7 Å². The van der Waals surface area contributed by atoms with E-state index in [0.717, 1.165) is 60.4 Å². The molecule has 1 atom stereocenters. The second kappa shape index (κ2) is 15.1. The number of anilines is 1. The van der Waals surface area contributed by atoms with E-state index in [4.69, 9.17) is 0 Å². The third-order valence-electron chi connectivity index (χ3n) is 8.38. The predicted molar refractivity (Wildman–Crippen MR) is 183 cm³/mol. The van der Waals surface area contributed by atoms with E-state index in [1.165, 1.54) is 5.56 Å². The van der Waals surface area contributed by atoms with Crippen LogP contribution in [0.3, 0.4) is 0 Å². The van der Waals surface area contributed by atoms with Crippen LogP contribution < -0.4 is 39.0 Å². The third kappa shape index (κ3) is 8.86. The molecule has 0 fully saturated rings. The van der Waals surface area contributed by atoms with Crippen LogP contribution in [0.1, 0.15) is 42.7 Å². The number of aryl methyl sites for hydroxylation is 1. The van der Waals surface area contributed by atoms with Gasteiger partial charge in [0.2, 0.25) is 5.52 Å². The zero-order chi connectivity index (χ0) is 32.5. The fourth-order valence-corrected chi connectivity index (χ4v) is 9.29. The summed E-state index contributed by atoms with van der Waals surface area (Å²) in [6.07, 6.45) is 6.14. The number of para-hydroxylation sites is 2. The van der Waals surface area contributed by atoms with E-state index >= 15 is 0 Å². The van der Waals surface area contributed by atoms with Crippen LogP contribution in [0.25, 0.3) is 16.3 Å².